The van der Waals surface area contributed by atoms with Crippen LogP contribution in [-0.2, 0) is 44.4 Å². The van der Waals surface area contributed by atoms with Crippen molar-refractivity contribution in [1.82, 2.24) is 20.3 Å². The molecule has 0 bridgehead atoms. The molecule has 1 heterocycles. The Bertz CT molecular complexity index is 2560. The van der Waals surface area contributed by atoms with E-state index in [1.807, 2.05) is 6.11 Å². The molecule has 4 rings (SSSR count). The fraction of sp³-hybridized carbons (Fsp3) is 0.133. The number of carbonyl (C=O) groups is 1. The summed E-state index contributed by atoms with van der Waals surface area (Å²) in [4.78, 5) is 27.0. The second kappa shape index (κ2) is 19.9. The molecule has 0 radical (unpaired) electrons. The van der Waals surface area contributed by atoms with Gasteiger partial charge in [-0.1, -0.05) is 6.07 Å². The topological polar surface area (TPSA) is 310 Å². The van der Waals surface area contributed by atoms with E-state index in [-0.39, 0.29) is 76.6 Å². The van der Waals surface area contributed by atoms with Crippen LogP contribution < -0.4 is 21.3 Å². The second-order valence-electron chi connectivity index (χ2n) is 10.3. The van der Waals surface area contributed by atoms with Crippen molar-refractivity contribution < 1.29 is 53.5 Å². The van der Waals surface area contributed by atoms with Gasteiger partial charge in [-0.25, -0.2) is 8.42 Å². The molecule has 0 amide bonds. The van der Waals surface area contributed by atoms with Gasteiger partial charge in [-0.2, -0.15) is 36.9 Å². The summed E-state index contributed by atoms with van der Waals surface area (Å²) in [5.74, 6) is 1.54. The van der Waals surface area contributed by atoms with Gasteiger partial charge in [0.1, 0.15) is 10.6 Å². The number of aliphatic hydroxyl groups is 1. The lowest BCUT2D eigenvalue weighted by Gasteiger charge is -2.13. The minimum absolute atomic E-state index is 0.00104. The summed E-state index contributed by atoms with van der Waals surface area (Å²) in [6.45, 7) is 0.207. The van der Waals surface area contributed by atoms with Crippen LogP contribution >= 0.6 is 23.4 Å². The van der Waals surface area contributed by atoms with Gasteiger partial charge in [0.05, 0.1) is 34.3 Å². The number of rotatable bonds is 17. The van der Waals surface area contributed by atoms with E-state index in [9.17, 15) is 34.6 Å². The zero-order valence-electron chi connectivity index (χ0n) is 27.9. The molecule has 0 aliphatic rings. The number of thioether (sulfide) groups is 1. The normalized spacial score (nSPS) is 11.5. The lowest BCUT2D eigenvalue weighted by molar-refractivity contribution is -0.135. The number of hydrogen-bond donors (Lipinski definition) is 7. The molecule has 4 aromatic rings. The third-order valence-electron chi connectivity index (χ3n) is 6.33. The molecule has 7 N–H and O–H groups in total. The van der Waals surface area contributed by atoms with Crippen LogP contribution in [0.5, 0.6) is 0 Å². The maximum absolute atomic E-state index is 12.7. The summed E-state index contributed by atoms with van der Waals surface area (Å²) in [5, 5.41) is 30.1. The number of aldehydes is 1. The van der Waals surface area contributed by atoms with Crippen molar-refractivity contribution in [3.8, 4) is 23.3 Å². The highest BCUT2D eigenvalue weighted by Crippen LogP contribution is 2.37. The molecular weight excluding hydrogens is 842 g/mol. The lowest BCUT2D eigenvalue weighted by Crippen LogP contribution is -2.25. The zero-order chi connectivity index (χ0) is 40.8. The summed E-state index contributed by atoms with van der Waals surface area (Å²) >= 11 is 7.09. The van der Waals surface area contributed by atoms with E-state index in [2.05, 4.69) is 72.9 Å². The van der Waals surface area contributed by atoms with Gasteiger partial charge in [0.15, 0.2) is 22.2 Å². The smallest absolute Gasteiger partial charge is 0.395 e. The molecule has 56 heavy (non-hydrogen) atoms. The van der Waals surface area contributed by atoms with E-state index in [1.54, 1.807) is 24.3 Å². The van der Waals surface area contributed by atoms with Crippen LogP contribution in [0.2, 0.25) is 5.28 Å². The molecule has 0 saturated carbocycles. The number of benzene rings is 3. The molecule has 0 unspecified atom stereocenters. The Hall–Kier alpha value is -5.45. The van der Waals surface area contributed by atoms with Crippen LogP contribution in [0.1, 0.15) is 0 Å². The maximum Gasteiger partial charge on any atom is 0.433 e. The van der Waals surface area contributed by atoms with Gasteiger partial charge in [-0.3, -0.25) is 18.8 Å². The third-order valence-corrected chi connectivity index (χ3v) is 10.0. The van der Waals surface area contributed by atoms with Gasteiger partial charge in [0.25, 0.3) is 10.1 Å². The number of azo groups is 1. The molecule has 0 spiro atoms. The van der Waals surface area contributed by atoms with E-state index in [1.165, 1.54) is 24.3 Å². The first-order valence-corrected chi connectivity index (χ1v) is 20.7. The Morgan fingerprint density at radius 2 is 1.62 bits per heavy atom. The molecule has 0 aliphatic heterocycles. The van der Waals surface area contributed by atoms with Crippen LogP contribution in [-0.4, -0.2) is 86.2 Å². The van der Waals surface area contributed by atoms with E-state index in [4.69, 9.17) is 21.3 Å². The Labute approximate surface area is 328 Å². The first kappa shape index (κ1) is 43.3. The van der Waals surface area contributed by atoms with Gasteiger partial charge in [0.2, 0.25) is 17.2 Å². The first-order valence-electron chi connectivity index (χ1n) is 15.0. The summed E-state index contributed by atoms with van der Waals surface area (Å²) in [6.07, 6.45) is 2.16. The quantitative estimate of drug-likeness (QED) is 0.00921. The lowest BCUT2D eigenvalue weighted by atomic mass is 10.2. The van der Waals surface area contributed by atoms with Gasteiger partial charge >= 0.3 is 10.4 Å². The van der Waals surface area contributed by atoms with Crippen molar-refractivity contribution in [2.24, 2.45) is 10.2 Å². The Balaban J connectivity index is 1.65. The van der Waals surface area contributed by atoms with Crippen molar-refractivity contribution in [2.75, 3.05) is 41.4 Å². The summed E-state index contributed by atoms with van der Waals surface area (Å²) in [5.41, 5.74) is 0.0417. The summed E-state index contributed by atoms with van der Waals surface area (Å²) < 4.78 is 93.2. The zero-order valence-corrected chi connectivity index (χ0v) is 32.0. The van der Waals surface area contributed by atoms with Crippen molar-refractivity contribution in [3.63, 3.8) is 0 Å². The minimum Gasteiger partial charge on any atom is -0.395 e. The fourth-order valence-electron chi connectivity index (χ4n) is 4.06. The van der Waals surface area contributed by atoms with Gasteiger partial charge < -0.3 is 26.4 Å². The van der Waals surface area contributed by atoms with Crippen LogP contribution in [0, 0.1) is 23.3 Å². The number of aromatic nitrogens is 3. The molecule has 1 aromatic heterocycles. The van der Waals surface area contributed by atoms with Crippen molar-refractivity contribution >= 4 is 100 Å². The number of nitrogens with one attached hydrogen (secondary N) is 4. The van der Waals surface area contributed by atoms with Crippen LogP contribution in [0.4, 0.5) is 40.3 Å². The number of halogens is 1. The largest absolute Gasteiger partial charge is 0.433 e. The van der Waals surface area contributed by atoms with Crippen molar-refractivity contribution in [2.45, 2.75) is 14.7 Å². The number of hydrogen-bond acceptors (Lipinski definition) is 20. The van der Waals surface area contributed by atoms with Gasteiger partial charge in [0, 0.05) is 35.0 Å². The molecule has 294 valence electrons. The van der Waals surface area contributed by atoms with E-state index in [0.29, 0.717) is 10.6 Å². The van der Waals surface area contributed by atoms with Crippen LogP contribution in [0.3, 0.4) is 0 Å². The number of anilines is 5. The van der Waals surface area contributed by atoms with Gasteiger partial charge in [-0.15, -0.1) is 5.11 Å². The standard InChI is InChI=1S/C30H26ClN9O12S4/c31-28-36-29(34-21-3-1-4-22(17-21)53-15-14-51-52-56(48,49)50)38-30(37-28)35-24-18-26(33-9-2-12-41)27(55(45,46)47)19-25(24)40-39-20-5-7-23(8-6-20)54(43,44)16-11-32-10-13-42/h1,3-8,12,17-19,32-33,42H,10-11,13,16H2,(H,45,46,47)(H,48,49,50)(H2,34,35,36,37,38). The number of carbonyl (C=O) groups excluding carboxylic acids is 1. The first-order chi connectivity index (χ1) is 26.6. The predicted molar refractivity (Wildman–Crippen MR) is 202 cm³/mol. The van der Waals surface area contributed by atoms with Crippen LogP contribution in [0.15, 0.2) is 85.6 Å². The molecule has 26 heteroatoms. The van der Waals surface area contributed by atoms with Crippen LogP contribution in [0.25, 0.3) is 0 Å². The molecule has 3 aromatic carbocycles. The Morgan fingerprint density at radius 3 is 2.30 bits per heavy atom. The highest BCUT2D eigenvalue weighted by molar-refractivity contribution is 8.04. The highest BCUT2D eigenvalue weighted by atomic mass is 35.5. The highest BCUT2D eigenvalue weighted by Gasteiger charge is 2.21. The van der Waals surface area contributed by atoms with Crippen molar-refractivity contribution in [3.05, 3.63) is 65.9 Å². The predicted octanol–water partition coefficient (Wildman–Crippen LogP) is 3.36. The molecule has 21 nitrogen and oxygen atoms in total. The molecule has 0 atom stereocenters. The number of nitrogens with zero attached hydrogens (tertiary/aromatic N) is 5. The van der Waals surface area contributed by atoms with E-state index < -0.39 is 35.2 Å². The average Bonchev–Trinajstić information content (AvgIpc) is 3.12. The maximum atomic E-state index is 12.7. The van der Waals surface area contributed by atoms with Gasteiger partial charge in [-0.05, 0) is 88.2 Å². The summed E-state index contributed by atoms with van der Waals surface area (Å²) in [7, 11) is -13.5. The molecule has 0 aliphatic carbocycles. The Morgan fingerprint density at radius 1 is 0.893 bits per heavy atom. The number of sulfone groups is 1. The monoisotopic (exact) mass is 867 g/mol. The fourth-order valence-corrected chi connectivity index (χ4v) is 6.72. The average molecular weight is 868 g/mol. The molecule has 0 saturated heterocycles. The third kappa shape index (κ3) is 14.0. The van der Waals surface area contributed by atoms with E-state index >= 15 is 0 Å². The minimum atomic E-state index is -4.93. The van der Waals surface area contributed by atoms with E-state index in [0.717, 1.165) is 23.9 Å². The second-order valence-corrected chi connectivity index (χ2v) is 16.0. The summed E-state index contributed by atoms with van der Waals surface area (Å²) in [6, 6.07) is 16.1. The molecule has 0 fully saturated rings. The number of aliphatic hydroxyl groups excluding tert-OH is 1. The van der Waals surface area contributed by atoms with Crippen molar-refractivity contribution in [1.29, 1.82) is 0 Å². The molecular formula is C30H26ClN9O12S4. The Kier molecular flexibility index (Phi) is 15.4. The SMILES string of the molecule is O=CC#CNc1cc(Nc2nc(Cl)nc(Nc3cccc(SC#COOS(=O)(=O)O)c3)n2)c(N=Nc2ccc(S(=O)(=O)CCNCCO)cc2)cc1S(=O)(=O)O.